The zero-order chi connectivity index (χ0) is 54.5. The molecule has 0 amide bonds. The second kappa shape index (κ2) is 23.9. The molecule has 408 valence electrons. The van der Waals surface area contributed by atoms with Crippen molar-refractivity contribution in [3.8, 4) is 23.0 Å². The third kappa shape index (κ3) is 12.6. The first-order chi connectivity index (χ1) is 36.3. The van der Waals surface area contributed by atoms with Gasteiger partial charge >= 0.3 is 17.7 Å². The lowest BCUT2D eigenvalue weighted by molar-refractivity contribution is -0.363. The third-order valence-electron chi connectivity index (χ3n) is 12.6. The Bertz CT molecular complexity index is 2730. The molecule has 3 aromatic carbocycles. The van der Waals surface area contributed by atoms with Crippen molar-refractivity contribution >= 4 is 29.8 Å². The van der Waals surface area contributed by atoms with Crippen LogP contribution in [0.3, 0.4) is 0 Å². The predicted octanol–water partition coefficient (Wildman–Crippen LogP) is -1.66. The Labute approximate surface area is 430 Å². The van der Waals surface area contributed by atoms with Gasteiger partial charge in [-0.05, 0) is 59.7 Å². The number of aliphatic hydroxyl groups excluding tert-OH is 10. The molecule has 0 aromatic heterocycles. The largest absolute Gasteiger partial charge is 0.571 e. The zero-order valence-electron chi connectivity index (χ0n) is 39.5. The van der Waals surface area contributed by atoms with Gasteiger partial charge in [-0.25, -0.2) is 9.59 Å². The number of aliphatic hydroxyl groups is 12. The Kier molecular flexibility index (Phi) is 17.3. The van der Waals surface area contributed by atoms with Gasteiger partial charge in [-0.1, -0.05) is 24.3 Å². The summed E-state index contributed by atoms with van der Waals surface area (Å²) in [5, 5.41) is 149. The summed E-state index contributed by atoms with van der Waals surface area (Å²) in [6, 6.07) is 15.1. The van der Waals surface area contributed by atoms with Crippen LogP contribution in [-0.4, -0.2) is 206 Å². The van der Waals surface area contributed by atoms with Crippen LogP contribution in [0.2, 0.25) is 0 Å². The fourth-order valence-corrected chi connectivity index (χ4v) is 8.36. The minimum absolute atomic E-state index is 0.0113. The van der Waals surface area contributed by atoms with E-state index >= 15 is 0 Å². The molecule has 15 N–H and O–H groups in total. The van der Waals surface area contributed by atoms with Gasteiger partial charge in [-0.3, -0.25) is 0 Å². The Balaban J connectivity index is 1.11. The van der Waals surface area contributed by atoms with E-state index in [1.54, 1.807) is 0 Å². The number of hydrogen-bond acceptors (Lipinski definition) is 24. The molecule has 76 heavy (non-hydrogen) atoms. The van der Waals surface area contributed by atoms with Gasteiger partial charge in [0.15, 0.2) is 23.9 Å². The number of carbonyl (C=O) groups excluding carboxylic acids is 2. The maximum Gasteiger partial charge on any atom is 0.330 e. The topological polar surface area (TPSA) is 404 Å². The molecule has 16 atom stereocenters. The Morgan fingerprint density at radius 1 is 0.566 bits per heavy atom. The number of esters is 2. The van der Waals surface area contributed by atoms with Gasteiger partial charge in [0.05, 0.1) is 23.8 Å². The number of aromatic hydroxyl groups is 4. The fourth-order valence-electron chi connectivity index (χ4n) is 8.36. The molecule has 25 nitrogen and oxygen atoms in total. The van der Waals surface area contributed by atoms with Gasteiger partial charge in [0.2, 0.25) is 24.4 Å². The standard InChI is InChI=1S/C51H54O25/c52-19-34-39(60)42(63)45(66)49(73-34)71-32-17-27(55)16-31-28(32)18-33(47(70-31)24-7-12-29(56)30(57)15-24)72-51-48(44(65)41(62)36(75-51)21-69-38(59)14-6-23-3-10-26(54)11-4-23)76-50-46(67)43(64)40(61)35(74-50)20-68-37(58)13-5-22-1-8-25(53)9-2-22/h1-18,31,34-36,39-46,48-57,60-67H,19-21H2/p+1. The van der Waals surface area contributed by atoms with Gasteiger partial charge in [0.1, 0.15) is 103 Å². The van der Waals surface area contributed by atoms with Crippen LogP contribution in [0.4, 0.5) is 0 Å². The van der Waals surface area contributed by atoms with Gasteiger partial charge in [0, 0.05) is 30.4 Å². The quantitative estimate of drug-likeness (QED) is 0.0330. The number of benzene rings is 3. The van der Waals surface area contributed by atoms with E-state index in [0.717, 1.165) is 30.4 Å². The van der Waals surface area contributed by atoms with Crippen LogP contribution in [-0.2, 0) is 47.5 Å². The minimum atomic E-state index is -2.13. The molecule has 3 saturated heterocycles. The molecular weight excluding hydrogens is 1010 g/mol. The number of phenolic OH excluding ortho intramolecular Hbond substituents is 4. The zero-order valence-corrected chi connectivity index (χ0v) is 39.5. The van der Waals surface area contributed by atoms with Crippen molar-refractivity contribution in [3.05, 3.63) is 137 Å². The van der Waals surface area contributed by atoms with Crippen LogP contribution < -0.4 is 0 Å². The summed E-state index contributed by atoms with van der Waals surface area (Å²) in [6.07, 6.45) is -21.1. The number of rotatable bonds is 16. The van der Waals surface area contributed by atoms with Crippen molar-refractivity contribution in [1.29, 1.82) is 0 Å². The lowest BCUT2D eigenvalue weighted by atomic mass is 9.95. The number of ether oxygens (including phenoxy) is 9. The SMILES string of the molecule is O=C(C=Cc1ccc(O)cc1)OCC1OC(OC2C(OC3=C(c4ccc(O)c(O)c4)[OH+]C4C=C(O)C=C(OC5OC(CO)C(O)C(O)C5O)C4=C3)OC(COC(=O)C=Cc3ccc(O)cc3)C(O)C2O)C(O)C(O)C1O. The van der Waals surface area contributed by atoms with Crippen molar-refractivity contribution in [3.63, 3.8) is 0 Å². The molecule has 4 aliphatic heterocycles. The lowest BCUT2D eigenvalue weighted by Crippen LogP contribution is -2.64. The highest BCUT2D eigenvalue weighted by molar-refractivity contribution is 5.87. The van der Waals surface area contributed by atoms with E-state index < -0.39 is 147 Å². The number of hydrogen-bond donors (Lipinski definition) is 14. The van der Waals surface area contributed by atoms with Crippen molar-refractivity contribution in [2.45, 2.75) is 98.2 Å². The van der Waals surface area contributed by atoms with E-state index in [0.29, 0.717) is 11.1 Å². The van der Waals surface area contributed by atoms with Gasteiger partial charge in [0.25, 0.3) is 0 Å². The molecule has 0 saturated carbocycles. The highest BCUT2D eigenvalue weighted by Gasteiger charge is 2.53. The summed E-state index contributed by atoms with van der Waals surface area (Å²) in [5.74, 6) is -4.32. The fraction of sp³-hybridized carbons (Fsp3) is 0.373. The highest BCUT2D eigenvalue weighted by Crippen LogP contribution is 2.41. The van der Waals surface area contributed by atoms with Gasteiger partial charge < -0.3 is 114 Å². The van der Waals surface area contributed by atoms with E-state index in [2.05, 4.69) is 0 Å². The van der Waals surface area contributed by atoms with E-state index in [1.165, 1.54) is 78.9 Å². The molecule has 3 aromatic rings. The van der Waals surface area contributed by atoms with Crippen LogP contribution in [0.1, 0.15) is 16.7 Å². The first-order valence-electron chi connectivity index (χ1n) is 23.4. The second-order valence-corrected chi connectivity index (χ2v) is 17.9. The highest BCUT2D eigenvalue weighted by atomic mass is 16.8. The molecular formula is C51H55O25+. The minimum Gasteiger partial charge on any atom is -0.571 e. The van der Waals surface area contributed by atoms with Crippen LogP contribution in [0.15, 0.2) is 120 Å². The molecule has 0 bridgehead atoms. The summed E-state index contributed by atoms with van der Waals surface area (Å²) in [6.45, 7) is -2.30. The maximum atomic E-state index is 12.9. The van der Waals surface area contributed by atoms with Gasteiger partial charge in [-0.15, -0.1) is 0 Å². The van der Waals surface area contributed by atoms with E-state index in [9.17, 15) is 81.1 Å². The lowest BCUT2D eigenvalue weighted by Gasteiger charge is -2.46. The molecule has 3 fully saturated rings. The van der Waals surface area contributed by atoms with Crippen molar-refractivity contribution in [2.75, 3.05) is 19.8 Å². The molecule has 16 unspecified atom stereocenters. The smallest absolute Gasteiger partial charge is 0.330 e. The molecule has 0 radical (unpaired) electrons. The molecule has 8 rings (SSSR count). The molecule has 4 heterocycles. The molecule has 5 aliphatic rings. The first kappa shape index (κ1) is 55.2. The second-order valence-electron chi connectivity index (χ2n) is 17.9. The Morgan fingerprint density at radius 2 is 1.09 bits per heavy atom. The summed E-state index contributed by atoms with van der Waals surface area (Å²) in [7, 11) is 0. The summed E-state index contributed by atoms with van der Waals surface area (Å²) in [4.78, 5) is 25.6. The number of carbonyl (C=O) groups is 2. The van der Waals surface area contributed by atoms with Crippen molar-refractivity contribution in [2.24, 2.45) is 0 Å². The third-order valence-corrected chi connectivity index (χ3v) is 12.6. The average molecular weight is 1070 g/mol. The van der Waals surface area contributed by atoms with Crippen molar-refractivity contribution < 1.29 is 124 Å². The average Bonchev–Trinajstić information content (AvgIpc) is 3.40. The number of allylic oxidation sites excluding steroid dienone is 2. The summed E-state index contributed by atoms with van der Waals surface area (Å²) in [5.41, 5.74) is 1.08. The van der Waals surface area contributed by atoms with Crippen LogP contribution in [0, 0.1) is 0 Å². The monoisotopic (exact) mass is 1070 g/mol. The van der Waals surface area contributed by atoms with E-state index in [-0.39, 0.29) is 39.9 Å². The molecule has 1 aliphatic carbocycles. The Hall–Kier alpha value is -7.08. The molecule has 25 heteroatoms. The normalized spacial score (nSPS) is 32.6. The van der Waals surface area contributed by atoms with Crippen LogP contribution in [0.5, 0.6) is 23.0 Å². The van der Waals surface area contributed by atoms with Crippen molar-refractivity contribution in [1.82, 2.24) is 0 Å². The summed E-state index contributed by atoms with van der Waals surface area (Å²) < 4.78 is 51.2. The number of phenols is 4. The predicted molar refractivity (Wildman–Crippen MR) is 254 cm³/mol. The van der Waals surface area contributed by atoms with E-state index in [1.807, 2.05) is 0 Å². The van der Waals surface area contributed by atoms with Crippen LogP contribution >= 0.6 is 0 Å². The van der Waals surface area contributed by atoms with E-state index in [4.69, 9.17) is 42.6 Å². The first-order valence-corrected chi connectivity index (χ1v) is 23.4. The maximum absolute atomic E-state index is 12.9. The Morgan fingerprint density at radius 3 is 1.66 bits per heavy atom. The number of fused-ring (bicyclic) bond motifs is 1. The summed E-state index contributed by atoms with van der Waals surface area (Å²) >= 11 is 0. The molecule has 0 spiro atoms. The van der Waals surface area contributed by atoms with Crippen LogP contribution in [0.25, 0.3) is 17.9 Å². The van der Waals surface area contributed by atoms with Gasteiger partial charge in [-0.2, -0.15) is 0 Å².